The van der Waals surface area contributed by atoms with Crippen LogP contribution in [-0.2, 0) is 0 Å². The second-order valence-electron chi connectivity index (χ2n) is 5.87. The molecule has 0 saturated heterocycles. The highest BCUT2D eigenvalue weighted by Gasteiger charge is 2.02. The molecule has 4 rings (SSSR count). The normalized spacial score (nSPS) is 10.4. The van der Waals surface area contributed by atoms with Crippen LogP contribution in [0.15, 0.2) is 91.3 Å². The van der Waals surface area contributed by atoms with E-state index in [1.165, 1.54) is 0 Å². The Morgan fingerprint density at radius 3 is 1.96 bits per heavy atom. The summed E-state index contributed by atoms with van der Waals surface area (Å²) in [5.74, 6) is 2.11. The van der Waals surface area contributed by atoms with Crippen LogP contribution in [0.25, 0.3) is 11.1 Å². The number of hydrogen-bond donors (Lipinski definition) is 1. The van der Waals surface area contributed by atoms with Gasteiger partial charge in [-0.2, -0.15) is 0 Å². The van der Waals surface area contributed by atoms with E-state index in [0.29, 0.717) is 11.0 Å². The first-order valence-corrected chi connectivity index (χ1v) is 8.82. The minimum absolute atomic E-state index is 0.532. The summed E-state index contributed by atoms with van der Waals surface area (Å²) < 4.78 is 5.79. The van der Waals surface area contributed by atoms with Crippen LogP contribution in [0.3, 0.4) is 0 Å². The predicted molar refractivity (Wildman–Crippen MR) is 109 cm³/mol. The third-order valence-electron chi connectivity index (χ3n) is 3.92. The molecule has 4 nitrogen and oxygen atoms in total. The molecule has 1 aromatic heterocycles. The van der Waals surface area contributed by atoms with Crippen molar-refractivity contribution < 1.29 is 4.74 Å². The van der Waals surface area contributed by atoms with Crippen LogP contribution in [0.5, 0.6) is 11.5 Å². The SMILES string of the molecule is Clc1ccc(-c2cnc(Nc3ccc(Oc4ccccc4)cc3)nc2)cc1. The van der Waals surface area contributed by atoms with E-state index in [4.69, 9.17) is 16.3 Å². The lowest BCUT2D eigenvalue weighted by atomic mass is 10.1. The largest absolute Gasteiger partial charge is 0.457 e. The fourth-order valence-corrected chi connectivity index (χ4v) is 2.67. The van der Waals surface area contributed by atoms with Gasteiger partial charge in [-0.15, -0.1) is 0 Å². The van der Waals surface area contributed by atoms with E-state index >= 15 is 0 Å². The Morgan fingerprint density at radius 1 is 0.667 bits per heavy atom. The van der Waals surface area contributed by atoms with Crippen LogP contribution in [0.4, 0.5) is 11.6 Å². The molecule has 0 spiro atoms. The molecule has 0 bridgehead atoms. The second-order valence-corrected chi connectivity index (χ2v) is 6.30. The number of anilines is 2. The van der Waals surface area contributed by atoms with Gasteiger partial charge in [0.25, 0.3) is 0 Å². The highest BCUT2D eigenvalue weighted by atomic mass is 35.5. The number of nitrogens with zero attached hydrogens (tertiary/aromatic N) is 2. The molecule has 0 aliphatic heterocycles. The Balaban J connectivity index is 1.42. The van der Waals surface area contributed by atoms with Gasteiger partial charge < -0.3 is 10.1 Å². The molecular formula is C22H16ClN3O. The molecule has 0 aliphatic carbocycles. The van der Waals surface area contributed by atoms with Gasteiger partial charge in [0.05, 0.1) is 0 Å². The molecule has 1 heterocycles. The highest BCUT2D eigenvalue weighted by Crippen LogP contribution is 2.24. The Labute approximate surface area is 162 Å². The standard InChI is InChI=1S/C22H16ClN3O/c23-18-8-6-16(7-9-18)17-14-24-22(25-15-17)26-19-10-12-21(13-11-19)27-20-4-2-1-3-5-20/h1-15H,(H,24,25,26). The van der Waals surface area contributed by atoms with Gasteiger partial charge in [0.2, 0.25) is 5.95 Å². The first kappa shape index (κ1) is 17.1. The predicted octanol–water partition coefficient (Wildman–Crippen LogP) is 6.33. The number of rotatable bonds is 5. The smallest absolute Gasteiger partial charge is 0.227 e. The van der Waals surface area contributed by atoms with Crippen LogP contribution < -0.4 is 10.1 Å². The van der Waals surface area contributed by atoms with Crippen LogP contribution >= 0.6 is 11.6 Å². The number of aromatic nitrogens is 2. The van der Waals surface area contributed by atoms with Gasteiger partial charge in [0.15, 0.2) is 0 Å². The monoisotopic (exact) mass is 373 g/mol. The van der Waals surface area contributed by atoms with E-state index in [1.807, 2.05) is 78.9 Å². The summed E-state index contributed by atoms with van der Waals surface area (Å²) >= 11 is 5.92. The number of ether oxygens (including phenoxy) is 1. The van der Waals surface area contributed by atoms with E-state index in [9.17, 15) is 0 Å². The van der Waals surface area contributed by atoms with Crippen molar-refractivity contribution in [3.63, 3.8) is 0 Å². The molecule has 0 saturated carbocycles. The third kappa shape index (κ3) is 4.43. The number of hydrogen-bond acceptors (Lipinski definition) is 4. The van der Waals surface area contributed by atoms with Gasteiger partial charge in [-0.05, 0) is 54.1 Å². The Hall–Kier alpha value is -3.37. The summed E-state index contributed by atoms with van der Waals surface area (Å²) in [6, 6.07) is 24.9. The molecular weight excluding hydrogens is 358 g/mol. The summed E-state index contributed by atoms with van der Waals surface area (Å²) in [5.41, 5.74) is 2.84. The van der Waals surface area contributed by atoms with Crippen molar-refractivity contribution >= 4 is 23.2 Å². The first-order chi connectivity index (χ1) is 13.3. The highest BCUT2D eigenvalue weighted by molar-refractivity contribution is 6.30. The van der Waals surface area contributed by atoms with E-state index < -0.39 is 0 Å². The first-order valence-electron chi connectivity index (χ1n) is 8.44. The molecule has 1 N–H and O–H groups in total. The average Bonchev–Trinajstić information content (AvgIpc) is 2.72. The van der Waals surface area contributed by atoms with Crippen LogP contribution in [0, 0.1) is 0 Å². The summed E-state index contributed by atoms with van der Waals surface area (Å²) in [5, 5.41) is 3.89. The lowest BCUT2D eigenvalue weighted by Crippen LogP contribution is -1.96. The minimum atomic E-state index is 0.532. The zero-order chi connectivity index (χ0) is 18.5. The second kappa shape index (κ2) is 7.89. The van der Waals surface area contributed by atoms with Gasteiger partial charge in [0, 0.05) is 28.7 Å². The zero-order valence-electron chi connectivity index (χ0n) is 14.3. The van der Waals surface area contributed by atoms with Gasteiger partial charge >= 0.3 is 0 Å². The fraction of sp³-hybridized carbons (Fsp3) is 0. The molecule has 0 atom stereocenters. The number of halogens is 1. The Kier molecular flexibility index (Phi) is 4.99. The van der Waals surface area contributed by atoms with Crippen molar-refractivity contribution in [3.8, 4) is 22.6 Å². The quantitative estimate of drug-likeness (QED) is 0.443. The van der Waals surface area contributed by atoms with Gasteiger partial charge in [-0.25, -0.2) is 9.97 Å². The summed E-state index contributed by atoms with van der Waals surface area (Å²) in [4.78, 5) is 8.75. The molecule has 132 valence electrons. The number of para-hydroxylation sites is 1. The molecule has 0 amide bonds. The molecule has 0 fully saturated rings. The van der Waals surface area contributed by atoms with Crippen molar-refractivity contribution in [1.82, 2.24) is 9.97 Å². The maximum atomic E-state index is 5.92. The van der Waals surface area contributed by atoms with Gasteiger partial charge in [-0.1, -0.05) is 41.9 Å². The Morgan fingerprint density at radius 2 is 1.30 bits per heavy atom. The summed E-state index contributed by atoms with van der Waals surface area (Å²) in [6.07, 6.45) is 3.57. The zero-order valence-corrected chi connectivity index (χ0v) is 15.1. The molecule has 0 unspecified atom stereocenters. The molecule has 4 aromatic rings. The average molecular weight is 374 g/mol. The van der Waals surface area contributed by atoms with Crippen LogP contribution in [0.1, 0.15) is 0 Å². The Bertz CT molecular complexity index is 1000. The molecule has 0 radical (unpaired) electrons. The van der Waals surface area contributed by atoms with Crippen LogP contribution in [0.2, 0.25) is 5.02 Å². The van der Waals surface area contributed by atoms with E-state index in [-0.39, 0.29) is 0 Å². The van der Waals surface area contributed by atoms with Crippen molar-refractivity contribution in [3.05, 3.63) is 96.3 Å². The lowest BCUT2D eigenvalue weighted by molar-refractivity contribution is 0.483. The molecule has 0 aliphatic rings. The van der Waals surface area contributed by atoms with Crippen molar-refractivity contribution in [1.29, 1.82) is 0 Å². The van der Waals surface area contributed by atoms with Crippen LogP contribution in [-0.4, -0.2) is 9.97 Å². The van der Waals surface area contributed by atoms with Crippen molar-refractivity contribution in [2.24, 2.45) is 0 Å². The van der Waals surface area contributed by atoms with Crippen molar-refractivity contribution in [2.75, 3.05) is 5.32 Å². The van der Waals surface area contributed by atoms with E-state index in [1.54, 1.807) is 12.4 Å². The molecule has 5 heteroatoms. The van der Waals surface area contributed by atoms with Gasteiger partial charge in [-0.3, -0.25) is 0 Å². The van der Waals surface area contributed by atoms with E-state index in [0.717, 1.165) is 28.3 Å². The molecule has 27 heavy (non-hydrogen) atoms. The minimum Gasteiger partial charge on any atom is -0.457 e. The lowest BCUT2D eigenvalue weighted by Gasteiger charge is -2.08. The summed E-state index contributed by atoms with van der Waals surface area (Å²) in [7, 11) is 0. The van der Waals surface area contributed by atoms with E-state index in [2.05, 4.69) is 15.3 Å². The summed E-state index contributed by atoms with van der Waals surface area (Å²) in [6.45, 7) is 0. The topological polar surface area (TPSA) is 47.0 Å². The van der Waals surface area contributed by atoms with Crippen molar-refractivity contribution in [2.45, 2.75) is 0 Å². The maximum Gasteiger partial charge on any atom is 0.227 e. The maximum absolute atomic E-state index is 5.92. The molecule has 3 aromatic carbocycles. The fourth-order valence-electron chi connectivity index (χ4n) is 2.54. The van der Waals surface area contributed by atoms with Gasteiger partial charge in [0.1, 0.15) is 11.5 Å². The number of nitrogens with one attached hydrogen (secondary N) is 1. The number of benzene rings is 3. The third-order valence-corrected chi connectivity index (χ3v) is 4.17.